The van der Waals surface area contributed by atoms with E-state index in [4.69, 9.17) is 4.74 Å². The van der Waals surface area contributed by atoms with E-state index in [0.29, 0.717) is 10.8 Å². The Morgan fingerprint density at radius 1 is 1.19 bits per heavy atom. The number of hydrogen-bond donors (Lipinski definition) is 1. The Kier molecular flexibility index (Phi) is 4.37. The van der Waals surface area contributed by atoms with Gasteiger partial charge < -0.3 is 10.1 Å². The average Bonchev–Trinajstić information content (AvgIpc) is 2.46. The van der Waals surface area contributed by atoms with Gasteiger partial charge in [-0.3, -0.25) is 0 Å². The van der Waals surface area contributed by atoms with Crippen LogP contribution in [-0.4, -0.2) is 26.3 Å². The van der Waals surface area contributed by atoms with E-state index in [1.807, 2.05) is 0 Å². The second-order valence-corrected chi connectivity index (χ2v) is 7.29. The van der Waals surface area contributed by atoms with Crippen molar-refractivity contribution in [2.24, 2.45) is 5.41 Å². The highest BCUT2D eigenvalue weighted by Crippen LogP contribution is 2.60. The summed E-state index contributed by atoms with van der Waals surface area (Å²) in [4.78, 5) is 0. The molecule has 0 atom stereocenters. The first-order valence-electron chi connectivity index (χ1n) is 8.54. The molecule has 2 fully saturated rings. The molecule has 0 radical (unpaired) electrons. The van der Waals surface area contributed by atoms with Crippen molar-refractivity contribution in [1.82, 2.24) is 5.32 Å². The largest absolute Gasteiger partial charge is 0.381 e. The van der Waals surface area contributed by atoms with Crippen molar-refractivity contribution >= 4 is 0 Å². The van der Waals surface area contributed by atoms with Gasteiger partial charge in [-0.05, 0) is 56.6 Å². The summed E-state index contributed by atoms with van der Waals surface area (Å²) in [7, 11) is 0. The number of rotatable bonds is 5. The molecule has 1 saturated heterocycles. The molecule has 116 valence electrons. The predicted octanol–water partition coefficient (Wildman–Crippen LogP) is 3.82. The van der Waals surface area contributed by atoms with Gasteiger partial charge in [-0.2, -0.15) is 0 Å². The summed E-state index contributed by atoms with van der Waals surface area (Å²) in [6, 6.07) is 9.17. The lowest BCUT2D eigenvalue weighted by molar-refractivity contribution is -0.0736. The zero-order valence-corrected chi connectivity index (χ0v) is 13.6. The third-order valence-corrected chi connectivity index (χ3v) is 5.50. The molecule has 1 N–H and O–H groups in total. The van der Waals surface area contributed by atoms with Crippen molar-refractivity contribution in [3.8, 4) is 0 Å². The van der Waals surface area contributed by atoms with Crippen LogP contribution in [0.1, 0.15) is 50.2 Å². The molecule has 1 heterocycles. The Hall–Kier alpha value is -0.860. The molecule has 0 bridgehead atoms. The normalized spacial score (nSPS) is 23.0. The van der Waals surface area contributed by atoms with Crippen LogP contribution in [0.3, 0.4) is 0 Å². The molecule has 0 unspecified atom stereocenters. The summed E-state index contributed by atoms with van der Waals surface area (Å²) in [6.45, 7) is 8.64. The lowest BCUT2D eigenvalue weighted by atomic mass is 9.48. The second kappa shape index (κ2) is 6.10. The zero-order chi connectivity index (χ0) is 14.8. The van der Waals surface area contributed by atoms with Gasteiger partial charge in [-0.1, -0.05) is 36.8 Å². The van der Waals surface area contributed by atoms with Crippen LogP contribution in [0.2, 0.25) is 0 Å². The maximum absolute atomic E-state index is 5.58. The Bertz CT molecular complexity index is 468. The van der Waals surface area contributed by atoms with Crippen LogP contribution in [-0.2, 0) is 10.2 Å². The summed E-state index contributed by atoms with van der Waals surface area (Å²) < 4.78 is 5.58. The van der Waals surface area contributed by atoms with E-state index < -0.39 is 0 Å². The smallest absolute Gasteiger partial charge is 0.0471 e. The summed E-state index contributed by atoms with van der Waals surface area (Å²) in [5.41, 5.74) is 3.85. The lowest BCUT2D eigenvalue weighted by Gasteiger charge is -2.58. The molecular formula is C19H29NO. The van der Waals surface area contributed by atoms with E-state index >= 15 is 0 Å². The maximum Gasteiger partial charge on any atom is 0.0471 e. The van der Waals surface area contributed by atoms with Gasteiger partial charge in [0, 0.05) is 25.2 Å². The Morgan fingerprint density at radius 2 is 1.95 bits per heavy atom. The van der Waals surface area contributed by atoms with Crippen LogP contribution in [0.4, 0.5) is 0 Å². The van der Waals surface area contributed by atoms with E-state index in [0.717, 1.165) is 26.3 Å². The topological polar surface area (TPSA) is 21.3 Å². The minimum atomic E-state index is 0.360. The van der Waals surface area contributed by atoms with Crippen molar-refractivity contribution in [2.75, 3.05) is 26.3 Å². The maximum atomic E-state index is 5.58. The molecule has 2 aliphatic rings. The first-order chi connectivity index (χ1) is 10.2. The highest BCUT2D eigenvalue weighted by Gasteiger charge is 2.54. The molecule has 2 nitrogen and oxygen atoms in total. The Balaban J connectivity index is 1.77. The van der Waals surface area contributed by atoms with Gasteiger partial charge in [0.1, 0.15) is 0 Å². The fourth-order valence-electron chi connectivity index (χ4n) is 4.45. The van der Waals surface area contributed by atoms with Crippen molar-refractivity contribution in [2.45, 2.75) is 51.4 Å². The molecule has 1 aliphatic carbocycles. The highest BCUT2D eigenvalue weighted by atomic mass is 16.5. The van der Waals surface area contributed by atoms with Crippen LogP contribution in [0.25, 0.3) is 0 Å². The van der Waals surface area contributed by atoms with Crippen LogP contribution in [0.15, 0.2) is 24.3 Å². The van der Waals surface area contributed by atoms with Crippen LogP contribution in [0, 0.1) is 12.3 Å². The van der Waals surface area contributed by atoms with E-state index in [-0.39, 0.29) is 0 Å². The summed E-state index contributed by atoms with van der Waals surface area (Å²) in [6.07, 6.45) is 6.40. The number of nitrogens with one attached hydrogen (secondary N) is 1. The van der Waals surface area contributed by atoms with Crippen LogP contribution >= 0.6 is 0 Å². The zero-order valence-electron chi connectivity index (χ0n) is 13.6. The molecule has 1 aliphatic heterocycles. The standard InChI is InChI=1S/C19H29NO/c1-3-9-20-15-19(17-6-4-5-16(2)12-17)13-18(14-19)7-10-21-11-8-18/h4-6,12,20H,3,7-11,13-15H2,1-2H3. The minimum absolute atomic E-state index is 0.360. The Morgan fingerprint density at radius 3 is 2.62 bits per heavy atom. The molecule has 1 aromatic rings. The minimum Gasteiger partial charge on any atom is -0.381 e. The van der Waals surface area contributed by atoms with Crippen molar-refractivity contribution in [3.63, 3.8) is 0 Å². The predicted molar refractivity (Wildman–Crippen MR) is 87.7 cm³/mol. The van der Waals surface area contributed by atoms with Gasteiger partial charge in [0.15, 0.2) is 0 Å². The first-order valence-corrected chi connectivity index (χ1v) is 8.54. The number of aryl methyl sites for hydroxylation is 1. The molecule has 1 saturated carbocycles. The summed E-state index contributed by atoms with van der Waals surface area (Å²) in [5.74, 6) is 0. The molecule has 2 heteroatoms. The molecule has 1 aromatic carbocycles. The lowest BCUT2D eigenvalue weighted by Crippen LogP contribution is -2.56. The third kappa shape index (κ3) is 3.02. The van der Waals surface area contributed by atoms with E-state index in [9.17, 15) is 0 Å². The summed E-state index contributed by atoms with van der Waals surface area (Å²) in [5, 5.41) is 3.69. The van der Waals surface area contributed by atoms with Crippen molar-refractivity contribution < 1.29 is 4.74 Å². The molecule has 1 spiro atoms. The number of hydrogen-bond acceptors (Lipinski definition) is 2. The summed E-state index contributed by atoms with van der Waals surface area (Å²) >= 11 is 0. The molecule has 0 aromatic heterocycles. The monoisotopic (exact) mass is 287 g/mol. The van der Waals surface area contributed by atoms with E-state index in [1.54, 1.807) is 5.56 Å². The highest BCUT2D eigenvalue weighted by molar-refractivity contribution is 5.34. The van der Waals surface area contributed by atoms with Gasteiger partial charge in [-0.25, -0.2) is 0 Å². The number of ether oxygens (including phenoxy) is 1. The van der Waals surface area contributed by atoms with Gasteiger partial charge in [0.25, 0.3) is 0 Å². The van der Waals surface area contributed by atoms with E-state index in [1.165, 1.54) is 37.7 Å². The van der Waals surface area contributed by atoms with Gasteiger partial charge in [0.05, 0.1) is 0 Å². The van der Waals surface area contributed by atoms with Crippen LogP contribution in [0.5, 0.6) is 0 Å². The Labute approximate surface area is 129 Å². The fraction of sp³-hybridized carbons (Fsp3) is 0.684. The average molecular weight is 287 g/mol. The fourth-order valence-corrected chi connectivity index (χ4v) is 4.45. The van der Waals surface area contributed by atoms with E-state index in [2.05, 4.69) is 43.4 Å². The van der Waals surface area contributed by atoms with Crippen LogP contribution < -0.4 is 5.32 Å². The molecule has 21 heavy (non-hydrogen) atoms. The molecule has 3 rings (SSSR count). The second-order valence-electron chi connectivity index (χ2n) is 7.29. The first kappa shape index (κ1) is 15.1. The van der Waals surface area contributed by atoms with Gasteiger partial charge in [0.2, 0.25) is 0 Å². The third-order valence-electron chi connectivity index (χ3n) is 5.50. The molecular weight excluding hydrogens is 258 g/mol. The van der Waals surface area contributed by atoms with Crippen molar-refractivity contribution in [3.05, 3.63) is 35.4 Å². The SMILES string of the molecule is CCCNCC1(c2cccc(C)c2)CC2(CCOCC2)C1. The van der Waals surface area contributed by atoms with Gasteiger partial charge >= 0.3 is 0 Å². The number of benzene rings is 1. The van der Waals surface area contributed by atoms with Crippen molar-refractivity contribution in [1.29, 1.82) is 0 Å². The molecule has 0 amide bonds. The quantitative estimate of drug-likeness (QED) is 0.831. The van der Waals surface area contributed by atoms with Gasteiger partial charge in [-0.15, -0.1) is 0 Å².